The number of aliphatic hydroxyl groups is 1. The lowest BCUT2D eigenvalue weighted by Gasteiger charge is -2.26. The summed E-state index contributed by atoms with van der Waals surface area (Å²) in [7, 11) is 1.53. The number of nitrogens with zero attached hydrogens (tertiary/aromatic N) is 1. The molecule has 2 atom stereocenters. The topological polar surface area (TPSA) is 94.5 Å². The summed E-state index contributed by atoms with van der Waals surface area (Å²) in [6.07, 6.45) is 0.733. The van der Waals surface area contributed by atoms with Crippen LogP contribution in [0.1, 0.15) is 42.1 Å². The lowest BCUT2D eigenvalue weighted by atomic mass is 9.94. The maximum Gasteiger partial charge on any atom is 0.295 e. The van der Waals surface area contributed by atoms with Crippen LogP contribution < -0.4 is 14.2 Å². The third kappa shape index (κ3) is 5.40. The van der Waals surface area contributed by atoms with Crippen LogP contribution in [0.5, 0.6) is 17.2 Å². The van der Waals surface area contributed by atoms with Gasteiger partial charge in [-0.15, -0.1) is 0 Å². The van der Waals surface area contributed by atoms with E-state index in [0.717, 1.165) is 16.9 Å². The summed E-state index contributed by atoms with van der Waals surface area (Å²) in [5, 5.41) is 11.5. The largest absolute Gasteiger partial charge is 0.507 e. The molecule has 0 unspecified atom stereocenters. The molecular formula is C32H33NO7. The monoisotopic (exact) mass is 543 g/mol. The van der Waals surface area contributed by atoms with Crippen LogP contribution in [-0.2, 0) is 27.4 Å². The van der Waals surface area contributed by atoms with Crippen molar-refractivity contribution in [2.24, 2.45) is 0 Å². The van der Waals surface area contributed by atoms with Gasteiger partial charge in [-0.1, -0.05) is 36.4 Å². The van der Waals surface area contributed by atoms with Gasteiger partial charge in [-0.25, -0.2) is 0 Å². The first kappa shape index (κ1) is 27.3. The number of amides is 1. The normalized spacial score (nSPS) is 19.4. The first-order valence-corrected chi connectivity index (χ1v) is 13.4. The van der Waals surface area contributed by atoms with Crippen LogP contribution in [0.25, 0.3) is 5.76 Å². The molecule has 5 rings (SSSR count). The number of benzene rings is 3. The molecule has 2 aliphatic rings. The molecule has 2 aliphatic heterocycles. The lowest BCUT2D eigenvalue weighted by molar-refractivity contribution is -0.140. The van der Waals surface area contributed by atoms with Crippen molar-refractivity contribution in [2.75, 3.05) is 26.9 Å². The minimum atomic E-state index is -0.832. The SMILES string of the molecule is CCOc1cc([C@@H]2/C(=C(\O)c3ccc4c(c3)C[C@H](C)O4)C(=O)C(=O)N2CCOC)ccc1OCc1ccccc1. The number of hydrogen-bond acceptors (Lipinski definition) is 7. The number of likely N-dealkylation sites (tertiary alicyclic amines) is 1. The zero-order valence-corrected chi connectivity index (χ0v) is 22.9. The van der Waals surface area contributed by atoms with Crippen LogP contribution in [0.4, 0.5) is 0 Å². The average molecular weight is 544 g/mol. The number of fused-ring (bicyclic) bond motifs is 1. The Bertz CT molecular complexity index is 1430. The third-order valence-corrected chi connectivity index (χ3v) is 7.07. The Morgan fingerprint density at radius 1 is 1.02 bits per heavy atom. The number of carbonyl (C=O) groups excluding carboxylic acids is 2. The molecule has 40 heavy (non-hydrogen) atoms. The van der Waals surface area contributed by atoms with E-state index in [1.807, 2.05) is 50.2 Å². The summed E-state index contributed by atoms with van der Waals surface area (Å²) in [4.78, 5) is 28.0. The molecule has 2 heterocycles. The van der Waals surface area contributed by atoms with E-state index in [1.54, 1.807) is 30.3 Å². The van der Waals surface area contributed by atoms with E-state index < -0.39 is 17.7 Å². The van der Waals surface area contributed by atoms with Gasteiger partial charge in [0.05, 0.1) is 24.8 Å². The van der Waals surface area contributed by atoms with Gasteiger partial charge in [0.1, 0.15) is 24.2 Å². The van der Waals surface area contributed by atoms with Crippen LogP contribution in [0, 0.1) is 0 Å². The highest BCUT2D eigenvalue weighted by atomic mass is 16.5. The zero-order chi connectivity index (χ0) is 28.2. The van der Waals surface area contributed by atoms with E-state index in [0.29, 0.717) is 42.3 Å². The Hall–Kier alpha value is -4.30. The van der Waals surface area contributed by atoms with Gasteiger partial charge in [-0.05, 0) is 60.9 Å². The number of aliphatic hydroxyl groups excluding tert-OH is 1. The summed E-state index contributed by atoms with van der Waals surface area (Å²) >= 11 is 0. The van der Waals surface area contributed by atoms with E-state index >= 15 is 0 Å². The molecular weight excluding hydrogens is 510 g/mol. The molecule has 208 valence electrons. The summed E-state index contributed by atoms with van der Waals surface area (Å²) in [6, 6.07) is 19.6. The summed E-state index contributed by atoms with van der Waals surface area (Å²) in [5.41, 5.74) is 3.05. The van der Waals surface area contributed by atoms with Crippen molar-refractivity contribution in [3.63, 3.8) is 0 Å². The fraction of sp³-hybridized carbons (Fsp3) is 0.312. The Labute approximate surface area is 233 Å². The maximum atomic E-state index is 13.4. The van der Waals surface area contributed by atoms with Gasteiger partial charge in [0.25, 0.3) is 11.7 Å². The van der Waals surface area contributed by atoms with E-state index in [2.05, 4.69) is 0 Å². The van der Waals surface area contributed by atoms with Gasteiger partial charge >= 0.3 is 0 Å². The standard InChI is InChI=1S/C32H33NO7/c1-4-38-27-18-22(10-13-26(27)39-19-21-8-6-5-7-9-21)29-28(31(35)32(36)33(29)14-15-37-3)30(34)23-11-12-25-24(17-23)16-20(2)40-25/h5-13,17-18,20,29,34H,4,14-16,19H2,1-3H3/b30-28+/t20-,29+/m0/s1. The molecule has 1 N–H and O–H groups in total. The molecule has 1 saturated heterocycles. The lowest BCUT2D eigenvalue weighted by Crippen LogP contribution is -2.32. The Kier molecular flexibility index (Phi) is 8.07. The minimum Gasteiger partial charge on any atom is -0.507 e. The first-order chi connectivity index (χ1) is 19.4. The number of ketones is 1. The van der Waals surface area contributed by atoms with Gasteiger partial charge in [0.2, 0.25) is 0 Å². The van der Waals surface area contributed by atoms with Gasteiger partial charge in [0.15, 0.2) is 11.5 Å². The number of carbonyl (C=O) groups is 2. The van der Waals surface area contributed by atoms with Crippen molar-refractivity contribution in [2.45, 2.75) is 39.0 Å². The van der Waals surface area contributed by atoms with Crippen molar-refractivity contribution in [3.05, 3.63) is 94.6 Å². The maximum absolute atomic E-state index is 13.4. The molecule has 1 amide bonds. The highest BCUT2D eigenvalue weighted by molar-refractivity contribution is 6.46. The Morgan fingerprint density at radius 3 is 2.58 bits per heavy atom. The highest BCUT2D eigenvalue weighted by Gasteiger charge is 2.46. The molecule has 0 spiro atoms. The zero-order valence-electron chi connectivity index (χ0n) is 22.9. The van der Waals surface area contributed by atoms with Crippen molar-refractivity contribution >= 4 is 17.4 Å². The van der Waals surface area contributed by atoms with E-state index in [-0.39, 0.29) is 30.6 Å². The predicted octanol–water partition coefficient (Wildman–Crippen LogP) is 5.06. The fourth-order valence-corrected chi connectivity index (χ4v) is 5.19. The smallest absolute Gasteiger partial charge is 0.295 e. The van der Waals surface area contributed by atoms with Crippen molar-refractivity contribution in [3.8, 4) is 17.2 Å². The molecule has 0 saturated carbocycles. The highest BCUT2D eigenvalue weighted by Crippen LogP contribution is 2.43. The van der Waals surface area contributed by atoms with E-state index in [9.17, 15) is 14.7 Å². The fourth-order valence-electron chi connectivity index (χ4n) is 5.19. The third-order valence-electron chi connectivity index (χ3n) is 7.07. The number of hydrogen-bond donors (Lipinski definition) is 1. The molecule has 3 aromatic rings. The predicted molar refractivity (Wildman–Crippen MR) is 150 cm³/mol. The number of Topliss-reactive ketones (excluding diaryl/α,β-unsaturated/α-hetero) is 1. The second-order valence-electron chi connectivity index (χ2n) is 9.85. The van der Waals surface area contributed by atoms with Crippen molar-refractivity contribution in [1.29, 1.82) is 0 Å². The molecule has 0 bridgehead atoms. The first-order valence-electron chi connectivity index (χ1n) is 13.4. The molecule has 0 aromatic heterocycles. The molecule has 0 aliphatic carbocycles. The summed E-state index contributed by atoms with van der Waals surface area (Å²) in [5.74, 6) is 0.115. The van der Waals surface area contributed by atoms with E-state index in [1.165, 1.54) is 12.0 Å². The van der Waals surface area contributed by atoms with Gasteiger partial charge < -0.3 is 29.0 Å². The number of ether oxygens (including phenoxy) is 4. The quantitative estimate of drug-likeness (QED) is 0.217. The molecule has 0 radical (unpaired) electrons. The van der Waals surface area contributed by atoms with Crippen LogP contribution in [-0.4, -0.2) is 54.7 Å². The molecule has 1 fully saturated rings. The van der Waals surface area contributed by atoms with Crippen LogP contribution in [0.15, 0.2) is 72.3 Å². The van der Waals surface area contributed by atoms with Gasteiger partial charge in [0, 0.05) is 25.6 Å². The summed E-state index contributed by atoms with van der Waals surface area (Å²) in [6.45, 7) is 5.00. The molecule has 8 heteroatoms. The van der Waals surface area contributed by atoms with Gasteiger partial charge in [-0.3, -0.25) is 9.59 Å². The molecule has 8 nitrogen and oxygen atoms in total. The van der Waals surface area contributed by atoms with Crippen LogP contribution in [0.2, 0.25) is 0 Å². The van der Waals surface area contributed by atoms with Crippen LogP contribution >= 0.6 is 0 Å². The second-order valence-corrected chi connectivity index (χ2v) is 9.85. The number of rotatable bonds is 10. The number of methoxy groups -OCH3 is 1. The van der Waals surface area contributed by atoms with E-state index in [4.69, 9.17) is 18.9 Å². The molecule has 3 aromatic carbocycles. The second kappa shape index (κ2) is 11.8. The summed E-state index contributed by atoms with van der Waals surface area (Å²) < 4.78 is 23.0. The van der Waals surface area contributed by atoms with Gasteiger partial charge in [-0.2, -0.15) is 0 Å². The van der Waals surface area contributed by atoms with Crippen molar-refractivity contribution < 1.29 is 33.6 Å². The Balaban J connectivity index is 1.55. The van der Waals surface area contributed by atoms with Crippen molar-refractivity contribution in [1.82, 2.24) is 4.90 Å². The average Bonchev–Trinajstić information content (AvgIpc) is 3.46. The minimum absolute atomic E-state index is 0.0217. The van der Waals surface area contributed by atoms with Crippen LogP contribution in [0.3, 0.4) is 0 Å². The Morgan fingerprint density at radius 2 is 1.82 bits per heavy atom.